The Labute approximate surface area is 86.2 Å². The molecule has 0 radical (unpaired) electrons. The molecule has 82 valence electrons. The number of aliphatic hydroxyl groups is 3. The van der Waals surface area contributed by atoms with Gasteiger partial charge < -0.3 is 20.4 Å². The Morgan fingerprint density at radius 2 is 2.00 bits per heavy atom. The maximum absolute atomic E-state index is 10.4. The average molecular weight is 212 g/mol. The molecule has 0 aromatic heterocycles. The second kappa shape index (κ2) is 4.88. The Bertz CT molecular complexity index is 350. The molecule has 0 fully saturated rings. The summed E-state index contributed by atoms with van der Waals surface area (Å²) in [6.45, 7) is -0.586. The average Bonchev–Trinajstić information content (AvgIpc) is 2.26. The lowest BCUT2D eigenvalue weighted by Gasteiger charge is -2.16. The summed E-state index contributed by atoms with van der Waals surface area (Å²) in [5.41, 5.74) is 0.337. The standard InChI is InChI=1S/C10H12O5/c11-4-7-2-1-6(3-8(7)13)10(15)9(14)5-12/h1-4,9-10,12-15H,5H2. The van der Waals surface area contributed by atoms with Gasteiger partial charge in [-0.15, -0.1) is 0 Å². The smallest absolute Gasteiger partial charge is 0.153 e. The van der Waals surface area contributed by atoms with Gasteiger partial charge in [0.05, 0.1) is 12.2 Å². The van der Waals surface area contributed by atoms with Gasteiger partial charge in [-0.1, -0.05) is 6.07 Å². The van der Waals surface area contributed by atoms with Crippen molar-refractivity contribution in [2.75, 3.05) is 6.61 Å². The predicted octanol–water partition coefficient (Wildman–Crippen LogP) is -0.409. The van der Waals surface area contributed by atoms with E-state index in [0.717, 1.165) is 0 Å². The number of carbonyl (C=O) groups is 1. The monoisotopic (exact) mass is 212 g/mol. The largest absolute Gasteiger partial charge is 0.507 e. The van der Waals surface area contributed by atoms with Crippen LogP contribution in [-0.2, 0) is 0 Å². The molecule has 1 aromatic carbocycles. The van der Waals surface area contributed by atoms with Gasteiger partial charge in [0.2, 0.25) is 0 Å². The molecule has 0 aliphatic carbocycles. The number of aldehydes is 1. The number of rotatable bonds is 4. The lowest BCUT2D eigenvalue weighted by atomic mass is 10.0. The van der Waals surface area contributed by atoms with E-state index in [9.17, 15) is 15.0 Å². The van der Waals surface area contributed by atoms with E-state index in [0.29, 0.717) is 6.29 Å². The lowest BCUT2D eigenvalue weighted by Crippen LogP contribution is -2.21. The molecule has 0 bridgehead atoms. The number of benzene rings is 1. The first kappa shape index (κ1) is 11.6. The fraction of sp³-hybridized carbons (Fsp3) is 0.300. The number of hydrogen-bond donors (Lipinski definition) is 4. The third-order valence-electron chi connectivity index (χ3n) is 2.07. The first-order chi connectivity index (χ1) is 7.10. The quantitative estimate of drug-likeness (QED) is 0.509. The zero-order valence-electron chi connectivity index (χ0n) is 7.87. The molecule has 1 rings (SSSR count). The highest BCUT2D eigenvalue weighted by Gasteiger charge is 2.18. The summed E-state index contributed by atoms with van der Waals surface area (Å²) in [5, 5.41) is 36.5. The third kappa shape index (κ3) is 2.53. The maximum Gasteiger partial charge on any atom is 0.153 e. The van der Waals surface area contributed by atoms with Crippen LogP contribution < -0.4 is 0 Å². The number of hydrogen-bond acceptors (Lipinski definition) is 5. The van der Waals surface area contributed by atoms with Crippen molar-refractivity contribution in [2.45, 2.75) is 12.2 Å². The van der Waals surface area contributed by atoms with Crippen LogP contribution in [0.15, 0.2) is 18.2 Å². The number of aliphatic hydroxyl groups excluding tert-OH is 3. The van der Waals surface area contributed by atoms with Crippen LogP contribution in [0.4, 0.5) is 0 Å². The minimum Gasteiger partial charge on any atom is -0.507 e. The molecule has 0 amide bonds. The van der Waals surface area contributed by atoms with Crippen LogP contribution >= 0.6 is 0 Å². The molecule has 1 aromatic rings. The van der Waals surface area contributed by atoms with Gasteiger partial charge in [-0.25, -0.2) is 0 Å². The van der Waals surface area contributed by atoms with Crippen molar-refractivity contribution in [1.82, 2.24) is 0 Å². The van der Waals surface area contributed by atoms with Gasteiger partial charge in [0, 0.05) is 0 Å². The highest BCUT2D eigenvalue weighted by atomic mass is 16.4. The Hall–Kier alpha value is -1.43. The Morgan fingerprint density at radius 1 is 1.33 bits per heavy atom. The molecule has 0 heterocycles. The fourth-order valence-electron chi connectivity index (χ4n) is 1.17. The minimum atomic E-state index is -1.31. The van der Waals surface area contributed by atoms with Crippen LogP contribution in [0.25, 0.3) is 0 Å². The van der Waals surface area contributed by atoms with Gasteiger partial charge in [-0.05, 0) is 17.7 Å². The molecular weight excluding hydrogens is 200 g/mol. The maximum atomic E-state index is 10.4. The van der Waals surface area contributed by atoms with Gasteiger partial charge in [-0.3, -0.25) is 4.79 Å². The third-order valence-corrected chi connectivity index (χ3v) is 2.07. The van der Waals surface area contributed by atoms with Gasteiger partial charge in [0.25, 0.3) is 0 Å². The van der Waals surface area contributed by atoms with Crippen molar-refractivity contribution in [1.29, 1.82) is 0 Å². The van der Waals surface area contributed by atoms with E-state index >= 15 is 0 Å². The van der Waals surface area contributed by atoms with Crippen LogP contribution in [0, 0.1) is 0 Å². The first-order valence-corrected chi connectivity index (χ1v) is 4.35. The van der Waals surface area contributed by atoms with Crippen molar-refractivity contribution >= 4 is 6.29 Å². The number of phenolic OH excluding ortho intramolecular Hbond substituents is 1. The van der Waals surface area contributed by atoms with Crippen molar-refractivity contribution in [2.24, 2.45) is 0 Å². The molecule has 0 aliphatic heterocycles. The summed E-state index contributed by atoms with van der Waals surface area (Å²) < 4.78 is 0. The van der Waals surface area contributed by atoms with E-state index in [1.54, 1.807) is 0 Å². The number of carbonyl (C=O) groups excluding carboxylic acids is 1. The highest BCUT2D eigenvalue weighted by molar-refractivity contribution is 5.79. The fourth-order valence-corrected chi connectivity index (χ4v) is 1.17. The zero-order valence-corrected chi connectivity index (χ0v) is 7.87. The molecule has 0 saturated heterocycles. The van der Waals surface area contributed by atoms with Crippen LogP contribution in [-0.4, -0.2) is 39.4 Å². The summed E-state index contributed by atoms with van der Waals surface area (Å²) in [6.07, 6.45) is -2.12. The summed E-state index contributed by atoms with van der Waals surface area (Å²) in [6, 6.07) is 3.89. The van der Waals surface area contributed by atoms with Gasteiger partial charge >= 0.3 is 0 Å². The molecule has 2 unspecified atom stereocenters. The second-order valence-corrected chi connectivity index (χ2v) is 3.13. The molecule has 0 aliphatic rings. The highest BCUT2D eigenvalue weighted by Crippen LogP contribution is 2.23. The van der Waals surface area contributed by atoms with Crippen molar-refractivity contribution in [3.8, 4) is 5.75 Å². The van der Waals surface area contributed by atoms with Crippen molar-refractivity contribution < 1.29 is 25.2 Å². The summed E-state index contributed by atoms with van der Waals surface area (Å²) in [4.78, 5) is 10.4. The number of aromatic hydroxyl groups is 1. The number of phenols is 1. The van der Waals surface area contributed by atoms with E-state index in [1.807, 2.05) is 0 Å². The van der Waals surface area contributed by atoms with Crippen molar-refractivity contribution in [3.63, 3.8) is 0 Å². The Kier molecular flexibility index (Phi) is 3.79. The summed E-state index contributed by atoms with van der Waals surface area (Å²) in [7, 11) is 0. The topological polar surface area (TPSA) is 98.0 Å². The predicted molar refractivity (Wildman–Crippen MR) is 51.5 cm³/mol. The molecule has 0 spiro atoms. The molecular formula is C10H12O5. The van der Waals surface area contributed by atoms with Crippen molar-refractivity contribution in [3.05, 3.63) is 29.3 Å². The normalized spacial score (nSPS) is 14.6. The summed E-state index contributed by atoms with van der Waals surface area (Å²) in [5.74, 6) is -0.272. The molecule has 0 saturated carbocycles. The molecule has 15 heavy (non-hydrogen) atoms. The van der Waals surface area contributed by atoms with E-state index in [4.69, 9.17) is 10.2 Å². The Morgan fingerprint density at radius 3 is 2.47 bits per heavy atom. The van der Waals surface area contributed by atoms with Crippen LogP contribution in [0.5, 0.6) is 5.75 Å². The molecule has 2 atom stereocenters. The Balaban J connectivity index is 2.96. The molecule has 5 heteroatoms. The molecule has 4 N–H and O–H groups in total. The van der Waals surface area contributed by atoms with E-state index in [1.165, 1.54) is 18.2 Å². The van der Waals surface area contributed by atoms with Crippen LogP contribution in [0.2, 0.25) is 0 Å². The first-order valence-electron chi connectivity index (χ1n) is 4.35. The van der Waals surface area contributed by atoms with Crippen LogP contribution in [0.1, 0.15) is 22.0 Å². The van der Waals surface area contributed by atoms with Gasteiger partial charge in [-0.2, -0.15) is 0 Å². The minimum absolute atomic E-state index is 0.101. The summed E-state index contributed by atoms with van der Waals surface area (Å²) >= 11 is 0. The van der Waals surface area contributed by atoms with Gasteiger partial charge in [0.15, 0.2) is 6.29 Å². The molecule has 5 nitrogen and oxygen atoms in total. The zero-order chi connectivity index (χ0) is 11.4. The van der Waals surface area contributed by atoms with E-state index in [-0.39, 0.29) is 16.9 Å². The van der Waals surface area contributed by atoms with Crippen LogP contribution in [0.3, 0.4) is 0 Å². The van der Waals surface area contributed by atoms with E-state index < -0.39 is 18.8 Å². The lowest BCUT2D eigenvalue weighted by molar-refractivity contribution is -0.0153. The SMILES string of the molecule is O=Cc1ccc(C(O)C(O)CO)cc1O. The second-order valence-electron chi connectivity index (χ2n) is 3.13. The van der Waals surface area contributed by atoms with Gasteiger partial charge in [0.1, 0.15) is 18.0 Å². The van der Waals surface area contributed by atoms with E-state index in [2.05, 4.69) is 0 Å².